The third kappa shape index (κ3) is 4.32. The van der Waals surface area contributed by atoms with E-state index in [2.05, 4.69) is 34.6 Å². The topological polar surface area (TPSA) is 58.1 Å². The first-order valence-corrected chi connectivity index (χ1v) is 8.67. The maximum absolute atomic E-state index is 5.96. The quantitative estimate of drug-likeness (QED) is 0.608. The fourth-order valence-corrected chi connectivity index (χ4v) is 3.05. The molecule has 2 N–H and O–H groups in total. The molecule has 0 amide bonds. The van der Waals surface area contributed by atoms with Crippen molar-refractivity contribution >= 4 is 5.96 Å². The SMILES string of the molecule is CN=C(NCC1COc2ccccc2O1)NCC(C1CC1)N(C)C. The Labute approximate surface area is 144 Å². The minimum absolute atomic E-state index is 0.0217. The number of para-hydroxylation sites is 2. The summed E-state index contributed by atoms with van der Waals surface area (Å²) in [6.07, 6.45) is 2.65. The highest BCUT2D eigenvalue weighted by atomic mass is 16.6. The summed E-state index contributed by atoms with van der Waals surface area (Å²) in [5.74, 6) is 3.25. The highest BCUT2D eigenvalue weighted by Gasteiger charge is 2.32. The standard InChI is InChI=1S/C18H28N4O2/c1-19-18(21-11-15(22(2)3)13-8-9-13)20-10-14-12-23-16-6-4-5-7-17(16)24-14/h4-7,13-15H,8-12H2,1-3H3,(H2,19,20,21). The van der Waals surface area contributed by atoms with Crippen molar-refractivity contribution < 1.29 is 9.47 Å². The van der Waals surface area contributed by atoms with Crippen LogP contribution in [-0.4, -0.2) is 63.8 Å². The van der Waals surface area contributed by atoms with Gasteiger partial charge in [-0.15, -0.1) is 0 Å². The van der Waals surface area contributed by atoms with Gasteiger partial charge in [0.2, 0.25) is 0 Å². The normalized spacial score (nSPS) is 21.5. The molecule has 6 nitrogen and oxygen atoms in total. The number of benzene rings is 1. The molecule has 0 spiro atoms. The average molecular weight is 332 g/mol. The third-order valence-corrected chi connectivity index (χ3v) is 4.60. The molecule has 1 aliphatic heterocycles. The summed E-state index contributed by atoms with van der Waals surface area (Å²) >= 11 is 0. The van der Waals surface area contributed by atoms with Crippen LogP contribution in [0.5, 0.6) is 11.5 Å². The van der Waals surface area contributed by atoms with Crippen molar-refractivity contribution in [2.75, 3.05) is 40.8 Å². The van der Waals surface area contributed by atoms with Gasteiger partial charge in [0.05, 0.1) is 6.54 Å². The van der Waals surface area contributed by atoms with Crippen LogP contribution in [0.1, 0.15) is 12.8 Å². The van der Waals surface area contributed by atoms with Crippen LogP contribution >= 0.6 is 0 Å². The van der Waals surface area contributed by atoms with Crippen LogP contribution in [0.2, 0.25) is 0 Å². The third-order valence-electron chi connectivity index (χ3n) is 4.60. The van der Waals surface area contributed by atoms with Gasteiger partial charge in [-0.3, -0.25) is 4.99 Å². The number of guanidine groups is 1. The molecule has 1 aromatic rings. The first-order valence-electron chi connectivity index (χ1n) is 8.67. The molecule has 1 aliphatic carbocycles. The predicted octanol–water partition coefficient (Wildman–Crippen LogP) is 1.33. The van der Waals surface area contributed by atoms with Gasteiger partial charge in [0, 0.05) is 19.6 Å². The number of nitrogens with one attached hydrogen (secondary N) is 2. The molecule has 2 atom stereocenters. The molecular formula is C18H28N4O2. The molecule has 1 fully saturated rings. The van der Waals surface area contributed by atoms with Crippen molar-refractivity contribution in [3.63, 3.8) is 0 Å². The van der Waals surface area contributed by atoms with Crippen LogP contribution in [-0.2, 0) is 0 Å². The highest BCUT2D eigenvalue weighted by Crippen LogP contribution is 2.34. The van der Waals surface area contributed by atoms with Gasteiger partial charge in [-0.25, -0.2) is 0 Å². The molecule has 0 radical (unpaired) electrons. The van der Waals surface area contributed by atoms with Crippen molar-refractivity contribution in [2.45, 2.75) is 25.0 Å². The zero-order chi connectivity index (χ0) is 16.9. The molecule has 6 heteroatoms. The second kappa shape index (κ2) is 7.75. The van der Waals surface area contributed by atoms with Crippen LogP contribution in [0.25, 0.3) is 0 Å². The predicted molar refractivity (Wildman–Crippen MR) is 95.9 cm³/mol. The van der Waals surface area contributed by atoms with Crippen molar-refractivity contribution in [3.8, 4) is 11.5 Å². The van der Waals surface area contributed by atoms with Crippen molar-refractivity contribution in [2.24, 2.45) is 10.9 Å². The summed E-state index contributed by atoms with van der Waals surface area (Å²) < 4.78 is 11.7. The lowest BCUT2D eigenvalue weighted by Gasteiger charge is -2.28. The summed E-state index contributed by atoms with van der Waals surface area (Å²) in [6, 6.07) is 8.33. The minimum atomic E-state index is -0.0217. The van der Waals surface area contributed by atoms with E-state index in [9.17, 15) is 0 Å². The summed E-state index contributed by atoms with van der Waals surface area (Å²) in [5.41, 5.74) is 0. The second-order valence-electron chi connectivity index (χ2n) is 6.70. The Morgan fingerprint density at radius 1 is 1.25 bits per heavy atom. The van der Waals surface area contributed by atoms with E-state index in [0.717, 1.165) is 29.9 Å². The van der Waals surface area contributed by atoms with Crippen molar-refractivity contribution in [1.29, 1.82) is 0 Å². The lowest BCUT2D eigenvalue weighted by molar-refractivity contribution is 0.0936. The fourth-order valence-electron chi connectivity index (χ4n) is 3.05. The smallest absolute Gasteiger partial charge is 0.191 e. The van der Waals surface area contributed by atoms with Crippen LogP contribution in [0.4, 0.5) is 0 Å². The van der Waals surface area contributed by atoms with Crippen molar-refractivity contribution in [1.82, 2.24) is 15.5 Å². The maximum Gasteiger partial charge on any atom is 0.191 e. The van der Waals surface area contributed by atoms with E-state index in [0.29, 0.717) is 19.2 Å². The molecule has 0 saturated heterocycles. The van der Waals surface area contributed by atoms with E-state index in [1.165, 1.54) is 12.8 Å². The molecule has 1 heterocycles. The fraction of sp³-hybridized carbons (Fsp3) is 0.611. The Kier molecular flexibility index (Phi) is 5.45. The average Bonchev–Trinajstić information content (AvgIpc) is 3.42. The monoisotopic (exact) mass is 332 g/mol. The first-order chi connectivity index (χ1) is 11.7. The zero-order valence-corrected chi connectivity index (χ0v) is 14.8. The Bertz CT molecular complexity index is 570. The van der Waals surface area contributed by atoms with Gasteiger partial charge in [-0.1, -0.05) is 12.1 Å². The van der Waals surface area contributed by atoms with Gasteiger partial charge in [0.25, 0.3) is 0 Å². The number of likely N-dealkylation sites (N-methyl/N-ethyl adjacent to an activating group) is 1. The van der Waals surface area contributed by atoms with Gasteiger partial charge in [0.15, 0.2) is 17.5 Å². The van der Waals surface area contributed by atoms with E-state index in [-0.39, 0.29) is 6.10 Å². The molecule has 0 bridgehead atoms. The van der Waals surface area contributed by atoms with E-state index in [1.807, 2.05) is 24.3 Å². The molecule has 3 rings (SSSR count). The Hall–Kier alpha value is -1.95. The number of hydrogen-bond donors (Lipinski definition) is 2. The second-order valence-corrected chi connectivity index (χ2v) is 6.70. The molecule has 24 heavy (non-hydrogen) atoms. The molecular weight excluding hydrogens is 304 g/mol. The Morgan fingerprint density at radius 2 is 2.00 bits per heavy atom. The number of fused-ring (bicyclic) bond motifs is 1. The molecule has 2 aliphatic rings. The molecule has 0 aromatic heterocycles. The number of hydrogen-bond acceptors (Lipinski definition) is 4. The lowest BCUT2D eigenvalue weighted by atomic mass is 10.1. The Balaban J connectivity index is 1.45. The van der Waals surface area contributed by atoms with Gasteiger partial charge in [0.1, 0.15) is 12.7 Å². The molecule has 2 unspecified atom stereocenters. The number of aliphatic imine (C=N–C) groups is 1. The lowest BCUT2D eigenvalue weighted by Crippen LogP contribution is -2.49. The van der Waals surface area contributed by atoms with E-state index >= 15 is 0 Å². The number of ether oxygens (including phenoxy) is 2. The van der Waals surface area contributed by atoms with Crippen LogP contribution in [0.3, 0.4) is 0 Å². The summed E-state index contributed by atoms with van der Waals surface area (Å²) in [5, 5.41) is 6.77. The van der Waals surface area contributed by atoms with Gasteiger partial charge < -0.3 is 25.0 Å². The molecule has 132 valence electrons. The van der Waals surface area contributed by atoms with Crippen LogP contribution < -0.4 is 20.1 Å². The van der Waals surface area contributed by atoms with Gasteiger partial charge >= 0.3 is 0 Å². The van der Waals surface area contributed by atoms with Gasteiger partial charge in [-0.2, -0.15) is 0 Å². The molecule has 1 aromatic carbocycles. The first kappa shape index (κ1) is 16.9. The Morgan fingerprint density at radius 3 is 2.67 bits per heavy atom. The van der Waals surface area contributed by atoms with Gasteiger partial charge in [-0.05, 0) is 45.0 Å². The van der Waals surface area contributed by atoms with E-state index in [1.54, 1.807) is 7.05 Å². The largest absolute Gasteiger partial charge is 0.486 e. The number of nitrogens with zero attached hydrogens (tertiary/aromatic N) is 2. The summed E-state index contributed by atoms with van der Waals surface area (Å²) in [7, 11) is 6.08. The van der Waals surface area contributed by atoms with E-state index in [4.69, 9.17) is 9.47 Å². The zero-order valence-electron chi connectivity index (χ0n) is 14.8. The maximum atomic E-state index is 5.96. The molecule has 1 saturated carbocycles. The van der Waals surface area contributed by atoms with Crippen LogP contribution in [0, 0.1) is 5.92 Å². The van der Waals surface area contributed by atoms with Crippen molar-refractivity contribution in [3.05, 3.63) is 24.3 Å². The number of rotatable bonds is 6. The van der Waals surface area contributed by atoms with E-state index < -0.39 is 0 Å². The highest BCUT2D eigenvalue weighted by molar-refractivity contribution is 5.79. The van der Waals surface area contributed by atoms with Crippen LogP contribution in [0.15, 0.2) is 29.3 Å². The summed E-state index contributed by atoms with van der Waals surface area (Å²) in [6.45, 7) is 2.11. The summed E-state index contributed by atoms with van der Waals surface area (Å²) in [4.78, 5) is 6.61. The minimum Gasteiger partial charge on any atom is -0.486 e.